The fraction of sp³-hybridized carbons (Fsp3) is 0.333. The molecular formula is C24H24N2O7S. The van der Waals surface area contributed by atoms with E-state index in [4.69, 9.17) is 18.7 Å². The zero-order valence-electron chi connectivity index (χ0n) is 19.1. The standard InChI is InChI=1S/C24H24N2O7S/c1-13-18(14(2)33-26-13)11-31-16-9-7-15(8-10-16)23(28)32-12-20(27)25-22-21(24(29)30-3)17-5-4-6-19(17)34-22/h7-10H,4-6,11-12H2,1-3H3,(H,25,27). The van der Waals surface area contributed by atoms with Crippen LogP contribution >= 0.6 is 11.3 Å². The number of thiophene rings is 1. The van der Waals surface area contributed by atoms with Gasteiger partial charge in [-0.05, 0) is 62.9 Å². The van der Waals surface area contributed by atoms with Crippen LogP contribution in [0.25, 0.3) is 0 Å². The van der Waals surface area contributed by atoms with Gasteiger partial charge in [-0.1, -0.05) is 5.16 Å². The van der Waals surface area contributed by atoms with Crippen LogP contribution in [0.2, 0.25) is 0 Å². The number of aryl methyl sites for hydroxylation is 3. The second-order valence-electron chi connectivity index (χ2n) is 7.79. The first-order chi connectivity index (χ1) is 16.4. The average Bonchev–Trinajstić information content (AvgIpc) is 3.51. The molecule has 0 fully saturated rings. The minimum absolute atomic E-state index is 0.280. The van der Waals surface area contributed by atoms with E-state index < -0.39 is 24.5 Å². The van der Waals surface area contributed by atoms with Crippen molar-refractivity contribution in [1.29, 1.82) is 0 Å². The van der Waals surface area contributed by atoms with Gasteiger partial charge in [0.25, 0.3) is 5.91 Å². The quantitative estimate of drug-likeness (QED) is 0.477. The molecule has 2 heterocycles. The van der Waals surface area contributed by atoms with Crippen LogP contribution in [0.3, 0.4) is 0 Å². The van der Waals surface area contributed by atoms with E-state index in [9.17, 15) is 14.4 Å². The molecule has 0 atom stereocenters. The highest BCUT2D eigenvalue weighted by Crippen LogP contribution is 2.39. The third kappa shape index (κ3) is 4.96. The van der Waals surface area contributed by atoms with Gasteiger partial charge in [-0.25, -0.2) is 9.59 Å². The summed E-state index contributed by atoms with van der Waals surface area (Å²) >= 11 is 1.36. The lowest BCUT2D eigenvalue weighted by molar-refractivity contribution is -0.119. The van der Waals surface area contributed by atoms with E-state index >= 15 is 0 Å². The third-order valence-electron chi connectivity index (χ3n) is 5.55. The predicted molar refractivity (Wildman–Crippen MR) is 123 cm³/mol. The molecule has 2 aromatic heterocycles. The molecule has 4 rings (SSSR count). The van der Waals surface area contributed by atoms with Crippen LogP contribution in [0.4, 0.5) is 5.00 Å². The molecule has 0 bridgehead atoms. The maximum atomic E-state index is 12.4. The predicted octanol–water partition coefficient (Wildman–Crippen LogP) is 4.00. The number of amides is 1. The van der Waals surface area contributed by atoms with E-state index in [1.165, 1.54) is 18.4 Å². The number of benzene rings is 1. The second kappa shape index (κ2) is 10.1. The molecular weight excluding hydrogens is 460 g/mol. The molecule has 9 nitrogen and oxygen atoms in total. The highest BCUT2D eigenvalue weighted by molar-refractivity contribution is 7.17. The zero-order chi connectivity index (χ0) is 24.2. The van der Waals surface area contributed by atoms with Crippen LogP contribution in [0.1, 0.15) is 54.6 Å². The largest absolute Gasteiger partial charge is 0.489 e. The Morgan fingerprint density at radius 2 is 1.88 bits per heavy atom. The summed E-state index contributed by atoms with van der Waals surface area (Å²) in [5.74, 6) is -0.396. The lowest BCUT2D eigenvalue weighted by Crippen LogP contribution is -2.21. The number of carbonyl (C=O) groups excluding carboxylic acids is 3. The van der Waals surface area contributed by atoms with Gasteiger partial charge < -0.3 is 24.1 Å². The van der Waals surface area contributed by atoms with Gasteiger partial charge in [-0.2, -0.15) is 0 Å². The van der Waals surface area contributed by atoms with Crippen LogP contribution in [0, 0.1) is 13.8 Å². The summed E-state index contributed by atoms with van der Waals surface area (Å²) < 4.78 is 20.8. The van der Waals surface area contributed by atoms with Crippen molar-refractivity contribution in [3.05, 3.63) is 62.9 Å². The van der Waals surface area contributed by atoms with Gasteiger partial charge in [0.15, 0.2) is 6.61 Å². The van der Waals surface area contributed by atoms with Crippen LogP contribution in [0.15, 0.2) is 28.8 Å². The van der Waals surface area contributed by atoms with Crippen LogP contribution < -0.4 is 10.1 Å². The number of ether oxygens (including phenoxy) is 3. The number of hydrogen-bond acceptors (Lipinski definition) is 9. The SMILES string of the molecule is COC(=O)c1c(NC(=O)COC(=O)c2ccc(OCc3c(C)noc3C)cc2)sc2c1CCC2. The number of nitrogens with zero attached hydrogens (tertiary/aromatic N) is 1. The first kappa shape index (κ1) is 23.5. The van der Waals surface area contributed by atoms with Crippen LogP contribution in [0.5, 0.6) is 5.75 Å². The number of rotatable bonds is 8. The molecule has 1 N–H and O–H groups in total. The second-order valence-corrected chi connectivity index (χ2v) is 8.90. The molecule has 1 aliphatic carbocycles. The number of anilines is 1. The molecule has 1 aromatic carbocycles. The molecule has 1 amide bonds. The van der Waals surface area contributed by atoms with Crippen LogP contribution in [-0.2, 0) is 33.7 Å². The molecule has 0 spiro atoms. The van der Waals surface area contributed by atoms with E-state index in [1.807, 2.05) is 13.8 Å². The Morgan fingerprint density at radius 3 is 2.56 bits per heavy atom. The molecule has 0 saturated heterocycles. The number of esters is 2. The van der Waals surface area contributed by atoms with Crippen molar-refractivity contribution in [2.45, 2.75) is 39.7 Å². The summed E-state index contributed by atoms with van der Waals surface area (Å²) in [5, 5.41) is 6.99. The highest BCUT2D eigenvalue weighted by Gasteiger charge is 2.28. The Morgan fingerprint density at radius 1 is 1.12 bits per heavy atom. The number of hydrogen-bond donors (Lipinski definition) is 1. The van der Waals surface area contributed by atoms with Crippen molar-refractivity contribution in [3.63, 3.8) is 0 Å². The van der Waals surface area contributed by atoms with Crippen molar-refractivity contribution in [3.8, 4) is 5.75 Å². The number of methoxy groups -OCH3 is 1. The van der Waals surface area contributed by atoms with E-state index in [-0.39, 0.29) is 5.56 Å². The summed E-state index contributed by atoms with van der Waals surface area (Å²) in [6.07, 6.45) is 2.62. The topological polar surface area (TPSA) is 117 Å². The Bertz CT molecular complexity index is 1210. The third-order valence-corrected chi connectivity index (χ3v) is 6.76. The number of fused-ring (bicyclic) bond motifs is 1. The van der Waals surface area contributed by atoms with E-state index in [2.05, 4.69) is 10.5 Å². The Hall–Kier alpha value is -3.66. The average molecular weight is 485 g/mol. The van der Waals surface area contributed by atoms with Gasteiger partial charge in [0.1, 0.15) is 23.1 Å². The fourth-order valence-corrected chi connectivity index (χ4v) is 5.03. The Balaban J connectivity index is 1.31. The lowest BCUT2D eigenvalue weighted by atomic mass is 10.1. The summed E-state index contributed by atoms with van der Waals surface area (Å²) in [4.78, 5) is 38.0. The Kier molecular flexibility index (Phi) is 6.97. The molecule has 0 aliphatic heterocycles. The van der Waals surface area contributed by atoms with E-state index in [0.717, 1.165) is 41.0 Å². The van der Waals surface area contributed by atoms with Gasteiger partial charge in [0, 0.05) is 4.88 Å². The molecule has 10 heteroatoms. The molecule has 1 aliphatic rings. The summed E-state index contributed by atoms with van der Waals surface area (Å²) in [7, 11) is 1.31. The van der Waals surface area contributed by atoms with Crippen molar-refractivity contribution in [1.82, 2.24) is 5.16 Å². The normalized spacial score (nSPS) is 12.2. The van der Waals surface area contributed by atoms with Crippen LogP contribution in [-0.4, -0.2) is 36.7 Å². The van der Waals surface area contributed by atoms with Crippen molar-refractivity contribution in [2.24, 2.45) is 0 Å². The van der Waals surface area contributed by atoms with Gasteiger partial charge in [-0.15, -0.1) is 11.3 Å². The maximum Gasteiger partial charge on any atom is 0.341 e. The molecule has 0 saturated carbocycles. The number of nitrogens with one attached hydrogen (secondary N) is 1. The minimum Gasteiger partial charge on any atom is -0.489 e. The van der Waals surface area contributed by atoms with E-state index in [0.29, 0.717) is 28.7 Å². The molecule has 0 radical (unpaired) electrons. The molecule has 3 aromatic rings. The fourth-order valence-electron chi connectivity index (χ4n) is 3.74. The number of carbonyl (C=O) groups is 3. The maximum absolute atomic E-state index is 12.4. The van der Waals surface area contributed by atoms with Gasteiger partial charge in [-0.3, -0.25) is 4.79 Å². The first-order valence-corrected chi connectivity index (χ1v) is 11.5. The zero-order valence-corrected chi connectivity index (χ0v) is 19.9. The lowest BCUT2D eigenvalue weighted by Gasteiger charge is -2.09. The summed E-state index contributed by atoms with van der Waals surface area (Å²) in [5.41, 5.74) is 3.25. The van der Waals surface area contributed by atoms with Crippen molar-refractivity contribution < 1.29 is 33.1 Å². The molecule has 34 heavy (non-hydrogen) atoms. The number of aromatic nitrogens is 1. The van der Waals surface area contributed by atoms with Gasteiger partial charge in [0.2, 0.25) is 0 Å². The molecule has 178 valence electrons. The monoisotopic (exact) mass is 484 g/mol. The molecule has 0 unspecified atom stereocenters. The summed E-state index contributed by atoms with van der Waals surface area (Å²) in [6.45, 7) is 3.47. The van der Waals surface area contributed by atoms with Gasteiger partial charge >= 0.3 is 11.9 Å². The van der Waals surface area contributed by atoms with Crippen molar-refractivity contribution in [2.75, 3.05) is 19.0 Å². The first-order valence-electron chi connectivity index (χ1n) is 10.7. The highest BCUT2D eigenvalue weighted by atomic mass is 32.1. The van der Waals surface area contributed by atoms with Crippen molar-refractivity contribution >= 4 is 34.2 Å². The smallest absolute Gasteiger partial charge is 0.341 e. The minimum atomic E-state index is -0.644. The van der Waals surface area contributed by atoms with E-state index in [1.54, 1.807) is 24.3 Å². The van der Waals surface area contributed by atoms with Gasteiger partial charge in [0.05, 0.1) is 29.5 Å². The Labute approximate surface area is 200 Å². The summed E-state index contributed by atoms with van der Waals surface area (Å²) in [6, 6.07) is 6.40.